The van der Waals surface area contributed by atoms with Crippen molar-refractivity contribution in [2.24, 2.45) is 16.6 Å². The Morgan fingerprint density at radius 2 is 2.38 bits per heavy atom. The van der Waals surface area contributed by atoms with Gasteiger partial charge in [-0.25, -0.2) is 0 Å². The number of likely N-dealkylation sites (tertiary alicyclic amines) is 1. The summed E-state index contributed by atoms with van der Waals surface area (Å²) in [4.78, 5) is 6.60. The van der Waals surface area contributed by atoms with Gasteiger partial charge in [0.2, 0.25) is 0 Å². The minimum atomic E-state index is 0.711. The SMILES string of the molecule is CCOCCCN=C(N)N1CCCC(C)C1. The minimum Gasteiger partial charge on any atom is -0.382 e. The lowest BCUT2D eigenvalue weighted by molar-refractivity contribution is 0.146. The van der Waals surface area contributed by atoms with Crippen molar-refractivity contribution in [3.05, 3.63) is 0 Å². The van der Waals surface area contributed by atoms with Crippen LogP contribution in [0.4, 0.5) is 0 Å². The van der Waals surface area contributed by atoms with E-state index in [4.69, 9.17) is 10.5 Å². The quantitative estimate of drug-likeness (QED) is 0.439. The van der Waals surface area contributed by atoms with Crippen LogP contribution in [0.25, 0.3) is 0 Å². The molecule has 0 radical (unpaired) electrons. The third kappa shape index (κ3) is 4.84. The highest BCUT2D eigenvalue weighted by molar-refractivity contribution is 5.78. The van der Waals surface area contributed by atoms with Crippen LogP contribution in [0.1, 0.15) is 33.1 Å². The summed E-state index contributed by atoms with van der Waals surface area (Å²) >= 11 is 0. The Hall–Kier alpha value is -0.770. The number of guanidine groups is 1. The van der Waals surface area contributed by atoms with Crippen LogP contribution in [-0.2, 0) is 4.74 Å². The first-order valence-electron chi connectivity index (χ1n) is 6.36. The van der Waals surface area contributed by atoms with Crippen LogP contribution in [0.3, 0.4) is 0 Å². The monoisotopic (exact) mass is 227 g/mol. The van der Waals surface area contributed by atoms with E-state index in [1.165, 1.54) is 12.8 Å². The van der Waals surface area contributed by atoms with Crippen molar-refractivity contribution in [3.63, 3.8) is 0 Å². The molecule has 4 heteroatoms. The molecule has 1 atom stereocenters. The van der Waals surface area contributed by atoms with Crippen molar-refractivity contribution >= 4 is 5.96 Å². The van der Waals surface area contributed by atoms with Crippen molar-refractivity contribution in [2.45, 2.75) is 33.1 Å². The van der Waals surface area contributed by atoms with Crippen molar-refractivity contribution in [2.75, 3.05) is 32.8 Å². The lowest BCUT2D eigenvalue weighted by atomic mass is 10.0. The zero-order valence-electron chi connectivity index (χ0n) is 10.6. The highest BCUT2D eigenvalue weighted by Crippen LogP contribution is 2.14. The fraction of sp³-hybridized carbons (Fsp3) is 0.917. The van der Waals surface area contributed by atoms with Crippen molar-refractivity contribution in [1.29, 1.82) is 0 Å². The fourth-order valence-corrected chi connectivity index (χ4v) is 2.00. The Labute approximate surface area is 98.9 Å². The molecule has 1 aliphatic rings. The average molecular weight is 227 g/mol. The average Bonchev–Trinajstić information content (AvgIpc) is 2.28. The number of nitrogens with two attached hydrogens (primary N) is 1. The van der Waals surface area contributed by atoms with Crippen molar-refractivity contribution in [1.82, 2.24) is 4.90 Å². The summed E-state index contributed by atoms with van der Waals surface area (Å²) < 4.78 is 5.25. The van der Waals surface area contributed by atoms with Gasteiger partial charge in [0, 0.05) is 32.8 Å². The molecule has 0 saturated carbocycles. The Morgan fingerprint density at radius 1 is 1.56 bits per heavy atom. The first kappa shape index (κ1) is 13.3. The van der Waals surface area contributed by atoms with Gasteiger partial charge in [-0.2, -0.15) is 0 Å². The molecule has 0 amide bonds. The molecule has 1 fully saturated rings. The predicted octanol–water partition coefficient (Wildman–Crippen LogP) is 1.46. The van der Waals surface area contributed by atoms with E-state index in [-0.39, 0.29) is 0 Å². The summed E-state index contributed by atoms with van der Waals surface area (Å²) in [6.45, 7) is 8.73. The molecule has 1 aliphatic heterocycles. The van der Waals surface area contributed by atoms with E-state index in [1.807, 2.05) is 6.92 Å². The number of rotatable bonds is 5. The van der Waals surface area contributed by atoms with Crippen LogP contribution >= 0.6 is 0 Å². The lowest BCUT2D eigenvalue weighted by Crippen LogP contribution is -2.43. The second-order valence-corrected chi connectivity index (χ2v) is 4.48. The van der Waals surface area contributed by atoms with Gasteiger partial charge in [-0.1, -0.05) is 6.92 Å². The maximum absolute atomic E-state index is 5.96. The summed E-state index contributed by atoms with van der Waals surface area (Å²) in [6, 6.07) is 0. The van der Waals surface area contributed by atoms with E-state index in [0.29, 0.717) is 5.96 Å². The van der Waals surface area contributed by atoms with Crippen LogP contribution in [0.2, 0.25) is 0 Å². The number of aliphatic imine (C=N–C) groups is 1. The number of nitrogens with zero attached hydrogens (tertiary/aromatic N) is 2. The summed E-state index contributed by atoms with van der Waals surface area (Å²) in [7, 11) is 0. The Kier molecular flexibility index (Phi) is 6.23. The second-order valence-electron chi connectivity index (χ2n) is 4.48. The number of hydrogen-bond donors (Lipinski definition) is 1. The maximum Gasteiger partial charge on any atom is 0.191 e. The third-order valence-corrected chi connectivity index (χ3v) is 2.91. The molecule has 1 unspecified atom stereocenters. The van der Waals surface area contributed by atoms with Crippen molar-refractivity contribution in [3.8, 4) is 0 Å². The molecular weight excluding hydrogens is 202 g/mol. The predicted molar refractivity (Wildman–Crippen MR) is 67.6 cm³/mol. The standard InChI is InChI=1S/C12H25N3O/c1-3-16-9-5-7-14-12(13)15-8-4-6-11(2)10-15/h11H,3-10H2,1-2H3,(H2,13,14). The summed E-state index contributed by atoms with van der Waals surface area (Å²) in [5.74, 6) is 1.45. The molecule has 2 N–H and O–H groups in total. The largest absolute Gasteiger partial charge is 0.382 e. The van der Waals surface area contributed by atoms with E-state index in [1.54, 1.807) is 0 Å². The second kappa shape index (κ2) is 7.49. The van der Waals surface area contributed by atoms with Crippen LogP contribution in [0.15, 0.2) is 4.99 Å². The maximum atomic E-state index is 5.96. The van der Waals surface area contributed by atoms with Gasteiger partial charge in [0.25, 0.3) is 0 Å². The highest BCUT2D eigenvalue weighted by Gasteiger charge is 2.17. The molecule has 16 heavy (non-hydrogen) atoms. The highest BCUT2D eigenvalue weighted by atomic mass is 16.5. The van der Waals surface area contributed by atoms with E-state index in [9.17, 15) is 0 Å². The molecule has 4 nitrogen and oxygen atoms in total. The van der Waals surface area contributed by atoms with Gasteiger partial charge in [-0.3, -0.25) is 4.99 Å². The first-order valence-corrected chi connectivity index (χ1v) is 6.36. The normalized spacial score (nSPS) is 22.5. The van der Waals surface area contributed by atoms with Crippen LogP contribution in [-0.4, -0.2) is 43.7 Å². The molecule has 0 aromatic heterocycles. The first-order chi connectivity index (χ1) is 7.74. The van der Waals surface area contributed by atoms with Crippen LogP contribution in [0, 0.1) is 5.92 Å². The molecule has 0 bridgehead atoms. The molecule has 0 aromatic carbocycles. The smallest absolute Gasteiger partial charge is 0.191 e. The van der Waals surface area contributed by atoms with Gasteiger partial charge in [0.15, 0.2) is 5.96 Å². The molecule has 1 heterocycles. The fourth-order valence-electron chi connectivity index (χ4n) is 2.00. The minimum absolute atomic E-state index is 0.711. The third-order valence-electron chi connectivity index (χ3n) is 2.91. The van der Waals surface area contributed by atoms with Crippen LogP contribution in [0.5, 0.6) is 0 Å². The zero-order chi connectivity index (χ0) is 11.8. The van der Waals surface area contributed by atoms with Gasteiger partial charge >= 0.3 is 0 Å². The van der Waals surface area contributed by atoms with Gasteiger partial charge in [-0.15, -0.1) is 0 Å². The number of hydrogen-bond acceptors (Lipinski definition) is 2. The number of ether oxygens (including phenoxy) is 1. The molecule has 94 valence electrons. The molecule has 0 aliphatic carbocycles. The topological polar surface area (TPSA) is 50.9 Å². The van der Waals surface area contributed by atoms with E-state index in [2.05, 4.69) is 16.8 Å². The van der Waals surface area contributed by atoms with Gasteiger partial charge < -0.3 is 15.4 Å². The molecular formula is C12H25N3O. The molecule has 0 spiro atoms. The molecule has 1 saturated heterocycles. The number of piperidine rings is 1. The van der Waals surface area contributed by atoms with Gasteiger partial charge in [0.05, 0.1) is 0 Å². The van der Waals surface area contributed by atoms with Gasteiger partial charge in [-0.05, 0) is 32.1 Å². The molecule has 0 aromatic rings. The summed E-state index contributed by atoms with van der Waals surface area (Å²) in [5, 5.41) is 0. The lowest BCUT2D eigenvalue weighted by Gasteiger charge is -2.31. The zero-order valence-corrected chi connectivity index (χ0v) is 10.6. The van der Waals surface area contributed by atoms with Gasteiger partial charge in [0.1, 0.15) is 0 Å². The summed E-state index contributed by atoms with van der Waals surface area (Å²) in [5.41, 5.74) is 5.96. The van der Waals surface area contributed by atoms with Crippen molar-refractivity contribution < 1.29 is 4.74 Å². The van der Waals surface area contributed by atoms with E-state index < -0.39 is 0 Å². The Bertz CT molecular complexity index is 218. The summed E-state index contributed by atoms with van der Waals surface area (Å²) in [6.07, 6.45) is 3.50. The molecule has 1 rings (SSSR count). The van der Waals surface area contributed by atoms with E-state index >= 15 is 0 Å². The Morgan fingerprint density at radius 3 is 3.06 bits per heavy atom. The van der Waals surface area contributed by atoms with E-state index in [0.717, 1.165) is 45.2 Å². The Balaban J connectivity index is 2.21. The van der Waals surface area contributed by atoms with Crippen LogP contribution < -0.4 is 5.73 Å².